The third kappa shape index (κ3) is 4.02. The predicted molar refractivity (Wildman–Crippen MR) is 110 cm³/mol. The first kappa shape index (κ1) is 18.7. The maximum Gasteiger partial charge on any atom is 0.134 e. The molecule has 1 heterocycles. The molecule has 3 aromatic rings. The molecule has 0 aliphatic carbocycles. The van der Waals surface area contributed by atoms with E-state index in [0.29, 0.717) is 22.1 Å². The standard InChI is InChI=1S/C22H20N2O2S/c1-14-5-6-16(9-15(14)2)20-13-27-22(24-20)18(12-23)10-17-7-8-19(25-3)11-21(17)26-4/h5-11,13H,1-4H3/b18-10-. The van der Waals surface area contributed by atoms with E-state index in [-0.39, 0.29) is 0 Å². The lowest BCUT2D eigenvalue weighted by Crippen LogP contribution is -1.90. The topological polar surface area (TPSA) is 55.1 Å². The van der Waals surface area contributed by atoms with Crippen LogP contribution in [0.2, 0.25) is 0 Å². The van der Waals surface area contributed by atoms with Crippen molar-refractivity contribution in [3.63, 3.8) is 0 Å². The average Bonchev–Trinajstić information content (AvgIpc) is 3.18. The van der Waals surface area contributed by atoms with Crippen molar-refractivity contribution in [1.82, 2.24) is 4.98 Å². The Hall–Kier alpha value is -3.10. The normalized spacial score (nSPS) is 11.1. The van der Waals surface area contributed by atoms with Gasteiger partial charge in [0.1, 0.15) is 22.6 Å². The van der Waals surface area contributed by atoms with Crippen LogP contribution >= 0.6 is 11.3 Å². The van der Waals surface area contributed by atoms with Crippen LogP contribution in [0.25, 0.3) is 22.9 Å². The summed E-state index contributed by atoms with van der Waals surface area (Å²) in [5, 5.41) is 12.3. The number of hydrogen-bond donors (Lipinski definition) is 0. The molecule has 136 valence electrons. The van der Waals surface area contributed by atoms with Gasteiger partial charge in [-0.3, -0.25) is 0 Å². The Kier molecular flexibility index (Phi) is 5.58. The summed E-state index contributed by atoms with van der Waals surface area (Å²) in [6.45, 7) is 4.17. The SMILES string of the molecule is COc1ccc(/C=C(/C#N)c2nc(-c3ccc(C)c(C)c3)cs2)c(OC)c1. The lowest BCUT2D eigenvalue weighted by Gasteiger charge is -2.07. The van der Waals surface area contributed by atoms with E-state index in [9.17, 15) is 5.26 Å². The van der Waals surface area contributed by atoms with Crippen LogP contribution in [0.3, 0.4) is 0 Å². The summed E-state index contributed by atoms with van der Waals surface area (Å²) in [5.74, 6) is 1.35. The first-order chi connectivity index (χ1) is 13.0. The summed E-state index contributed by atoms with van der Waals surface area (Å²) in [6, 6.07) is 14.0. The summed E-state index contributed by atoms with van der Waals surface area (Å²) in [6.07, 6.45) is 1.79. The van der Waals surface area contributed by atoms with E-state index in [1.54, 1.807) is 26.4 Å². The lowest BCUT2D eigenvalue weighted by atomic mass is 10.1. The molecule has 0 aliphatic heterocycles. The van der Waals surface area contributed by atoms with E-state index >= 15 is 0 Å². The van der Waals surface area contributed by atoms with E-state index in [1.165, 1.54) is 22.5 Å². The van der Waals surface area contributed by atoms with Gasteiger partial charge in [-0.25, -0.2) is 4.98 Å². The number of nitrogens with zero attached hydrogens (tertiary/aromatic N) is 2. The molecule has 0 N–H and O–H groups in total. The zero-order chi connectivity index (χ0) is 19.4. The Morgan fingerprint density at radius 3 is 2.56 bits per heavy atom. The molecule has 0 spiro atoms. The molecule has 0 amide bonds. The highest BCUT2D eigenvalue weighted by Gasteiger charge is 2.11. The van der Waals surface area contributed by atoms with E-state index in [1.807, 2.05) is 17.5 Å². The summed E-state index contributed by atoms with van der Waals surface area (Å²) in [4.78, 5) is 4.67. The zero-order valence-electron chi connectivity index (χ0n) is 15.7. The van der Waals surface area contributed by atoms with Crippen LogP contribution in [0.1, 0.15) is 21.7 Å². The Morgan fingerprint density at radius 2 is 1.89 bits per heavy atom. The highest BCUT2D eigenvalue weighted by Crippen LogP contribution is 2.31. The molecule has 5 heteroatoms. The third-order valence-electron chi connectivity index (χ3n) is 4.40. The smallest absolute Gasteiger partial charge is 0.134 e. The van der Waals surface area contributed by atoms with Crippen molar-refractivity contribution in [3.8, 4) is 28.8 Å². The monoisotopic (exact) mass is 376 g/mol. The van der Waals surface area contributed by atoms with Gasteiger partial charge in [0.25, 0.3) is 0 Å². The Bertz CT molecular complexity index is 1040. The molecule has 2 aromatic carbocycles. The minimum Gasteiger partial charge on any atom is -0.497 e. The number of methoxy groups -OCH3 is 2. The molecule has 0 unspecified atom stereocenters. The number of benzene rings is 2. The quantitative estimate of drug-likeness (QED) is 0.551. The van der Waals surface area contributed by atoms with Crippen molar-refractivity contribution >= 4 is 23.0 Å². The fourth-order valence-corrected chi connectivity index (χ4v) is 3.46. The van der Waals surface area contributed by atoms with Crippen LogP contribution in [-0.4, -0.2) is 19.2 Å². The van der Waals surface area contributed by atoms with Crippen LogP contribution in [0.15, 0.2) is 41.8 Å². The Morgan fingerprint density at radius 1 is 1.07 bits per heavy atom. The molecule has 0 saturated carbocycles. The summed E-state index contributed by atoms with van der Waals surface area (Å²) in [5.41, 5.74) is 5.71. The highest BCUT2D eigenvalue weighted by molar-refractivity contribution is 7.11. The van der Waals surface area contributed by atoms with Crippen LogP contribution in [0, 0.1) is 25.2 Å². The van der Waals surface area contributed by atoms with E-state index < -0.39 is 0 Å². The van der Waals surface area contributed by atoms with Crippen molar-refractivity contribution in [2.45, 2.75) is 13.8 Å². The van der Waals surface area contributed by atoms with Crippen molar-refractivity contribution in [1.29, 1.82) is 5.26 Å². The van der Waals surface area contributed by atoms with Crippen molar-refractivity contribution in [2.24, 2.45) is 0 Å². The minimum atomic E-state index is 0.499. The second-order valence-electron chi connectivity index (χ2n) is 6.11. The fourth-order valence-electron chi connectivity index (χ4n) is 2.67. The molecule has 0 bridgehead atoms. The van der Waals surface area contributed by atoms with Crippen LogP contribution < -0.4 is 9.47 Å². The molecule has 0 aliphatic rings. The van der Waals surface area contributed by atoms with E-state index in [4.69, 9.17) is 9.47 Å². The molecule has 0 radical (unpaired) electrons. The van der Waals surface area contributed by atoms with Gasteiger partial charge in [0, 0.05) is 22.6 Å². The molecule has 0 saturated heterocycles. The van der Waals surface area contributed by atoms with Crippen LogP contribution in [0.5, 0.6) is 11.5 Å². The van der Waals surface area contributed by atoms with Gasteiger partial charge in [-0.15, -0.1) is 11.3 Å². The highest BCUT2D eigenvalue weighted by atomic mass is 32.1. The number of thiazole rings is 1. The molecule has 0 atom stereocenters. The summed E-state index contributed by atoms with van der Waals surface area (Å²) >= 11 is 1.46. The molecule has 4 nitrogen and oxygen atoms in total. The Balaban J connectivity index is 1.97. The van der Waals surface area contributed by atoms with Crippen molar-refractivity contribution in [3.05, 3.63) is 63.5 Å². The van der Waals surface area contributed by atoms with E-state index in [2.05, 4.69) is 43.1 Å². The minimum absolute atomic E-state index is 0.499. The van der Waals surface area contributed by atoms with Gasteiger partial charge < -0.3 is 9.47 Å². The number of rotatable bonds is 5. The molecular formula is C22H20N2O2S. The molecule has 3 rings (SSSR count). The number of hydrogen-bond acceptors (Lipinski definition) is 5. The zero-order valence-corrected chi connectivity index (χ0v) is 16.6. The van der Waals surface area contributed by atoms with Gasteiger partial charge in [-0.05, 0) is 49.2 Å². The summed E-state index contributed by atoms with van der Waals surface area (Å²) in [7, 11) is 3.20. The van der Waals surface area contributed by atoms with Crippen LogP contribution in [0.4, 0.5) is 0 Å². The average molecular weight is 376 g/mol. The lowest BCUT2D eigenvalue weighted by molar-refractivity contribution is 0.394. The number of allylic oxidation sites excluding steroid dienone is 1. The van der Waals surface area contributed by atoms with Gasteiger partial charge in [0.15, 0.2) is 0 Å². The number of aryl methyl sites for hydroxylation is 2. The molecular weight excluding hydrogens is 356 g/mol. The third-order valence-corrected chi connectivity index (χ3v) is 5.27. The predicted octanol–water partition coefficient (Wildman–Crippen LogP) is 5.51. The molecule has 0 fully saturated rings. The fraction of sp³-hybridized carbons (Fsp3) is 0.182. The van der Waals surface area contributed by atoms with Crippen molar-refractivity contribution < 1.29 is 9.47 Å². The maximum atomic E-state index is 9.65. The second kappa shape index (κ2) is 8.07. The first-order valence-corrected chi connectivity index (χ1v) is 9.31. The maximum absolute atomic E-state index is 9.65. The number of aromatic nitrogens is 1. The molecule has 27 heavy (non-hydrogen) atoms. The molecule has 1 aromatic heterocycles. The van der Waals surface area contributed by atoms with Crippen molar-refractivity contribution in [2.75, 3.05) is 14.2 Å². The summed E-state index contributed by atoms with van der Waals surface area (Å²) < 4.78 is 10.6. The first-order valence-electron chi connectivity index (χ1n) is 8.43. The van der Waals surface area contributed by atoms with Crippen LogP contribution in [-0.2, 0) is 0 Å². The largest absolute Gasteiger partial charge is 0.497 e. The number of nitriles is 1. The van der Waals surface area contributed by atoms with Gasteiger partial charge in [0.2, 0.25) is 0 Å². The van der Waals surface area contributed by atoms with Gasteiger partial charge in [0.05, 0.1) is 25.5 Å². The van der Waals surface area contributed by atoms with Gasteiger partial charge >= 0.3 is 0 Å². The van der Waals surface area contributed by atoms with Gasteiger partial charge in [-0.2, -0.15) is 5.26 Å². The van der Waals surface area contributed by atoms with E-state index in [0.717, 1.165) is 16.8 Å². The second-order valence-corrected chi connectivity index (χ2v) is 6.97. The van der Waals surface area contributed by atoms with Gasteiger partial charge in [-0.1, -0.05) is 12.1 Å². The number of ether oxygens (including phenoxy) is 2. The Labute approximate surface area is 163 Å².